The molecule has 1 saturated carbocycles. The number of benzene rings is 1. The van der Waals surface area contributed by atoms with Gasteiger partial charge in [-0.05, 0) is 92.1 Å². The molecule has 0 bridgehead atoms. The van der Waals surface area contributed by atoms with E-state index in [1.165, 1.54) is 17.2 Å². The normalized spacial score (nSPS) is 18.3. The topological polar surface area (TPSA) is 129 Å². The van der Waals surface area contributed by atoms with Crippen molar-refractivity contribution < 1.29 is 9.53 Å². The molecule has 45 heavy (non-hydrogen) atoms. The highest BCUT2D eigenvalue weighted by molar-refractivity contribution is 5.87. The number of likely N-dealkylation sites (tertiary alicyclic amines) is 1. The van der Waals surface area contributed by atoms with E-state index in [0.29, 0.717) is 35.0 Å². The Morgan fingerprint density at radius 2 is 1.91 bits per heavy atom. The maximum Gasteiger partial charge on any atom is 0.245 e. The van der Waals surface area contributed by atoms with Crippen molar-refractivity contribution in [1.29, 1.82) is 0 Å². The van der Waals surface area contributed by atoms with Crippen LogP contribution in [0.3, 0.4) is 0 Å². The summed E-state index contributed by atoms with van der Waals surface area (Å²) in [5, 5.41) is 8.49. The predicted molar refractivity (Wildman–Crippen MR) is 171 cm³/mol. The largest absolute Gasteiger partial charge is 0.473 e. The van der Waals surface area contributed by atoms with E-state index in [0.717, 1.165) is 68.4 Å². The number of pyridine rings is 2. The summed E-state index contributed by atoms with van der Waals surface area (Å²) >= 11 is 0. The number of fused-ring (bicyclic) bond motifs is 2. The molecule has 0 radical (unpaired) electrons. The van der Waals surface area contributed by atoms with Gasteiger partial charge in [0.25, 0.3) is 0 Å². The number of nitrogens with one attached hydrogen (secondary N) is 1. The fraction of sp³-hybridized carbons (Fsp3) is 0.324. The van der Waals surface area contributed by atoms with Crippen molar-refractivity contribution in [1.82, 2.24) is 39.5 Å². The van der Waals surface area contributed by atoms with E-state index in [1.807, 2.05) is 41.4 Å². The van der Waals surface area contributed by atoms with Gasteiger partial charge in [-0.25, -0.2) is 19.6 Å². The lowest BCUT2D eigenvalue weighted by atomic mass is 10.0. The molecule has 1 atom stereocenters. The molecule has 228 valence electrons. The zero-order valence-corrected chi connectivity index (χ0v) is 25.0. The van der Waals surface area contributed by atoms with Gasteiger partial charge in [0.2, 0.25) is 11.8 Å². The van der Waals surface area contributed by atoms with E-state index in [1.54, 1.807) is 10.9 Å². The van der Waals surface area contributed by atoms with Gasteiger partial charge in [-0.15, -0.1) is 5.10 Å². The van der Waals surface area contributed by atoms with Gasteiger partial charge in [-0.1, -0.05) is 12.6 Å². The van der Waals surface area contributed by atoms with Crippen molar-refractivity contribution in [2.24, 2.45) is 0 Å². The highest BCUT2D eigenvalue weighted by Gasteiger charge is 2.29. The van der Waals surface area contributed by atoms with E-state index in [2.05, 4.69) is 44.7 Å². The molecule has 4 aromatic heterocycles. The van der Waals surface area contributed by atoms with Crippen LogP contribution in [-0.2, 0) is 11.2 Å². The average molecular weight is 602 g/mol. The third-order valence-corrected chi connectivity index (χ3v) is 9.06. The highest BCUT2D eigenvalue weighted by atomic mass is 16.5. The van der Waals surface area contributed by atoms with Crippen LogP contribution in [0, 0.1) is 0 Å². The zero-order chi connectivity index (χ0) is 30.5. The maximum atomic E-state index is 12.0. The molecule has 11 nitrogen and oxygen atoms in total. The first kappa shape index (κ1) is 27.5. The number of nitrogens with zero attached hydrogens (tertiary/aromatic N) is 7. The Balaban J connectivity index is 1.13. The predicted octanol–water partition coefficient (Wildman–Crippen LogP) is 4.55. The Bertz CT molecular complexity index is 1920. The van der Waals surface area contributed by atoms with Crippen LogP contribution in [0.5, 0.6) is 5.88 Å². The van der Waals surface area contributed by atoms with Crippen molar-refractivity contribution >= 4 is 22.9 Å². The summed E-state index contributed by atoms with van der Waals surface area (Å²) in [5.41, 5.74) is 12.2. The Kier molecular flexibility index (Phi) is 6.82. The second kappa shape index (κ2) is 11.2. The van der Waals surface area contributed by atoms with E-state index < -0.39 is 0 Å². The van der Waals surface area contributed by atoms with Gasteiger partial charge in [0.15, 0.2) is 17.3 Å². The first-order valence-electron chi connectivity index (χ1n) is 15.7. The molecule has 3 aliphatic rings. The van der Waals surface area contributed by atoms with E-state index in [4.69, 9.17) is 20.4 Å². The smallest absolute Gasteiger partial charge is 0.245 e. The minimum atomic E-state index is 0.0187. The van der Waals surface area contributed by atoms with Crippen LogP contribution < -0.4 is 15.8 Å². The number of hydrogen-bond donors (Lipinski definition) is 2. The summed E-state index contributed by atoms with van der Waals surface area (Å²) in [6.45, 7) is 5.15. The molecule has 1 aliphatic heterocycles. The molecule has 5 heterocycles. The quantitative estimate of drug-likeness (QED) is 0.248. The second-order valence-electron chi connectivity index (χ2n) is 12.1. The zero-order valence-electron chi connectivity index (χ0n) is 25.0. The van der Waals surface area contributed by atoms with Gasteiger partial charge in [0.05, 0.1) is 5.56 Å². The van der Waals surface area contributed by atoms with Crippen LogP contribution in [0.1, 0.15) is 49.3 Å². The number of carbonyl (C=O) groups excluding carboxylic acids is 1. The SMILES string of the molecule is C=CC(=O)N1CCC(N[C@H]2CCc3cc(-n4c(-c5cccnc5N)nc5ccc(-n6ccc(OC7CC7)n6)nc54)ccc32)CC1. The number of nitrogens with two attached hydrogens (primary N) is 1. The van der Waals surface area contributed by atoms with Crippen molar-refractivity contribution in [3.8, 4) is 28.8 Å². The van der Waals surface area contributed by atoms with Crippen LogP contribution in [0.25, 0.3) is 34.1 Å². The number of hydrogen-bond acceptors (Lipinski definition) is 8. The minimum Gasteiger partial charge on any atom is -0.473 e. The summed E-state index contributed by atoms with van der Waals surface area (Å²) < 4.78 is 9.69. The number of rotatable bonds is 8. The van der Waals surface area contributed by atoms with Crippen LogP contribution in [0.2, 0.25) is 0 Å². The molecule has 1 saturated heterocycles. The lowest BCUT2D eigenvalue weighted by molar-refractivity contribution is -0.127. The Morgan fingerprint density at radius 3 is 2.71 bits per heavy atom. The fourth-order valence-corrected chi connectivity index (χ4v) is 6.56. The van der Waals surface area contributed by atoms with E-state index in [-0.39, 0.29) is 18.1 Å². The molecule has 8 rings (SSSR count). The number of aromatic nitrogens is 6. The molecule has 2 aliphatic carbocycles. The summed E-state index contributed by atoms with van der Waals surface area (Å²) in [6.07, 6.45) is 11.3. The first-order chi connectivity index (χ1) is 22.0. The van der Waals surface area contributed by atoms with Crippen LogP contribution in [0.15, 0.2) is 73.6 Å². The summed E-state index contributed by atoms with van der Waals surface area (Å²) in [7, 11) is 0. The average Bonchev–Trinajstić information content (AvgIpc) is 3.43. The molecule has 1 amide bonds. The maximum absolute atomic E-state index is 12.0. The second-order valence-corrected chi connectivity index (χ2v) is 12.1. The van der Waals surface area contributed by atoms with Gasteiger partial charge in [-0.2, -0.15) is 0 Å². The number of nitrogen functional groups attached to an aromatic ring is 1. The lowest BCUT2D eigenvalue weighted by Crippen LogP contribution is -2.45. The van der Waals surface area contributed by atoms with E-state index in [9.17, 15) is 4.79 Å². The molecule has 11 heteroatoms. The van der Waals surface area contributed by atoms with Crippen molar-refractivity contribution in [3.05, 3.63) is 84.7 Å². The standard InChI is InChI=1S/C34H35N9O2/c1-2-31(44)41-17-13-22(14-18-41)37-27-10-5-21-20-23(6-9-25(21)27)43-33(26-4-3-16-36-32(26)35)38-28-11-12-29(39-34(28)43)42-19-15-30(40-42)45-24-7-8-24/h2-4,6,9,11-12,15-16,19-20,22,24,27,37H,1,5,7-8,10,13-14,17-18H2,(H2,35,36)/t27-/m0/s1. The Labute approximate surface area is 260 Å². The van der Waals surface area contributed by atoms with Gasteiger partial charge in [-0.3, -0.25) is 9.36 Å². The molecular weight excluding hydrogens is 566 g/mol. The molecule has 1 aromatic carbocycles. The van der Waals surface area contributed by atoms with Gasteiger partial charge < -0.3 is 20.7 Å². The third kappa shape index (κ3) is 5.22. The third-order valence-electron chi connectivity index (χ3n) is 9.06. The fourth-order valence-electron chi connectivity index (χ4n) is 6.56. The first-order valence-corrected chi connectivity index (χ1v) is 15.7. The van der Waals surface area contributed by atoms with Crippen LogP contribution in [0.4, 0.5) is 5.82 Å². The number of aryl methyl sites for hydroxylation is 1. The number of anilines is 1. The van der Waals surface area contributed by atoms with Gasteiger partial charge in [0, 0.05) is 49.3 Å². The number of ether oxygens (including phenoxy) is 1. The molecule has 2 fully saturated rings. The summed E-state index contributed by atoms with van der Waals surface area (Å²) in [4.78, 5) is 28.3. The number of imidazole rings is 1. The molecule has 0 spiro atoms. The number of piperidine rings is 1. The molecule has 0 unspecified atom stereocenters. The highest BCUT2D eigenvalue weighted by Crippen LogP contribution is 2.36. The van der Waals surface area contributed by atoms with E-state index >= 15 is 0 Å². The Hall–Kier alpha value is -5.03. The monoisotopic (exact) mass is 601 g/mol. The lowest BCUT2D eigenvalue weighted by Gasteiger charge is -2.33. The molecule has 3 N–H and O–H groups in total. The molecule has 5 aromatic rings. The summed E-state index contributed by atoms with van der Waals surface area (Å²) in [6, 6.07) is 16.9. The molecular formula is C34H35N9O2. The van der Waals surface area contributed by atoms with Gasteiger partial charge >= 0.3 is 0 Å². The van der Waals surface area contributed by atoms with Crippen molar-refractivity contribution in [2.45, 2.75) is 56.7 Å². The van der Waals surface area contributed by atoms with Crippen LogP contribution >= 0.6 is 0 Å². The Morgan fingerprint density at radius 1 is 1.04 bits per heavy atom. The van der Waals surface area contributed by atoms with Crippen LogP contribution in [-0.4, -0.2) is 65.3 Å². The summed E-state index contributed by atoms with van der Waals surface area (Å²) in [5.74, 6) is 2.40. The van der Waals surface area contributed by atoms with Gasteiger partial charge in [0.1, 0.15) is 17.4 Å². The number of amides is 1. The number of carbonyl (C=O) groups is 1. The minimum absolute atomic E-state index is 0.0187. The van der Waals surface area contributed by atoms with Crippen molar-refractivity contribution in [3.63, 3.8) is 0 Å². The van der Waals surface area contributed by atoms with Crippen molar-refractivity contribution in [2.75, 3.05) is 18.8 Å².